The zero-order valence-electron chi connectivity index (χ0n) is 10.5. The van der Waals surface area contributed by atoms with E-state index in [4.69, 9.17) is 10.8 Å². The summed E-state index contributed by atoms with van der Waals surface area (Å²) in [6, 6.07) is 6.11. The van der Waals surface area contributed by atoms with Gasteiger partial charge in [-0.05, 0) is 46.9 Å². The Morgan fingerprint density at radius 1 is 1.30 bits per heavy atom. The van der Waals surface area contributed by atoms with Crippen molar-refractivity contribution in [2.24, 2.45) is 0 Å². The van der Waals surface area contributed by atoms with Gasteiger partial charge < -0.3 is 15.7 Å². The van der Waals surface area contributed by atoms with Gasteiger partial charge in [0.25, 0.3) is 5.91 Å². The second-order valence-corrected chi connectivity index (χ2v) is 6.89. The van der Waals surface area contributed by atoms with E-state index in [1.54, 1.807) is 18.5 Å². The van der Waals surface area contributed by atoms with Crippen LogP contribution in [0.2, 0.25) is 0 Å². The molecule has 1 aromatic carbocycles. The van der Waals surface area contributed by atoms with Crippen molar-refractivity contribution in [1.82, 2.24) is 0 Å². The van der Waals surface area contributed by atoms with Crippen LogP contribution in [-0.2, 0) is 0 Å². The molecule has 0 bridgehead atoms. The van der Waals surface area contributed by atoms with Gasteiger partial charge in [-0.1, -0.05) is 0 Å². The highest BCUT2D eigenvalue weighted by Gasteiger charge is 2.17. The highest BCUT2D eigenvalue weighted by Crippen LogP contribution is 2.26. The van der Waals surface area contributed by atoms with Gasteiger partial charge in [0.05, 0.1) is 25.4 Å². The Labute approximate surface area is 133 Å². The van der Waals surface area contributed by atoms with E-state index in [0.29, 0.717) is 11.3 Å². The summed E-state index contributed by atoms with van der Waals surface area (Å²) in [6.45, 7) is 0. The summed E-state index contributed by atoms with van der Waals surface area (Å²) >= 11 is 3.63. The molecule has 2 rings (SSSR count). The maximum absolute atomic E-state index is 12.3. The third-order valence-electron chi connectivity index (χ3n) is 2.75. The Morgan fingerprint density at radius 2 is 2.00 bits per heavy atom. The monoisotopic (exact) mass is 402 g/mol. The van der Waals surface area contributed by atoms with Gasteiger partial charge in [0.1, 0.15) is 0 Å². The third-order valence-corrected chi connectivity index (χ3v) is 4.54. The number of carbonyl (C=O) groups is 2. The lowest BCUT2D eigenvalue weighted by Crippen LogP contribution is -2.26. The van der Waals surface area contributed by atoms with Crippen molar-refractivity contribution in [3.63, 3.8) is 0 Å². The Hall–Kier alpha value is -1.61. The quantitative estimate of drug-likeness (QED) is 0.611. The molecule has 20 heavy (non-hydrogen) atoms. The molecule has 0 radical (unpaired) electrons. The molecule has 0 saturated heterocycles. The molecular weight excluding hydrogens is 391 g/mol. The van der Waals surface area contributed by atoms with Crippen molar-refractivity contribution in [3.8, 4) is 0 Å². The topological polar surface area (TPSA) is 83.6 Å². The van der Waals surface area contributed by atoms with E-state index in [0.717, 1.165) is 2.88 Å². The molecule has 1 heterocycles. The van der Waals surface area contributed by atoms with Gasteiger partial charge in [-0.2, -0.15) is 0 Å². The van der Waals surface area contributed by atoms with Crippen LogP contribution in [0.15, 0.2) is 29.6 Å². The van der Waals surface area contributed by atoms with Crippen molar-refractivity contribution in [2.45, 2.75) is 0 Å². The van der Waals surface area contributed by atoms with Crippen LogP contribution in [0, 0.1) is 2.88 Å². The highest BCUT2D eigenvalue weighted by molar-refractivity contribution is 14.1. The van der Waals surface area contributed by atoms with Crippen LogP contribution in [0.3, 0.4) is 0 Å². The minimum atomic E-state index is -1.05. The predicted octanol–water partition coefficient (Wildman–Crippen LogP) is 2.91. The van der Waals surface area contributed by atoms with Crippen molar-refractivity contribution >= 4 is 57.2 Å². The lowest BCUT2D eigenvalue weighted by molar-refractivity contribution is 0.0697. The van der Waals surface area contributed by atoms with Crippen molar-refractivity contribution in [3.05, 3.63) is 43.7 Å². The van der Waals surface area contributed by atoms with Crippen LogP contribution >= 0.6 is 33.9 Å². The van der Waals surface area contributed by atoms with Crippen LogP contribution in [0.25, 0.3) is 0 Å². The average molecular weight is 402 g/mol. The van der Waals surface area contributed by atoms with Crippen LogP contribution in [0.4, 0.5) is 11.4 Å². The number of carboxylic acids is 1. The zero-order chi connectivity index (χ0) is 14.9. The van der Waals surface area contributed by atoms with E-state index < -0.39 is 5.97 Å². The van der Waals surface area contributed by atoms with Crippen molar-refractivity contribution < 1.29 is 14.7 Å². The largest absolute Gasteiger partial charge is 0.478 e. The predicted molar refractivity (Wildman–Crippen MR) is 87.6 cm³/mol. The summed E-state index contributed by atoms with van der Waals surface area (Å²) in [7, 11) is 1.61. The fourth-order valence-corrected chi connectivity index (χ4v) is 3.04. The lowest BCUT2D eigenvalue weighted by Gasteiger charge is -2.19. The minimum absolute atomic E-state index is 0.0946. The Kier molecular flexibility index (Phi) is 4.29. The van der Waals surface area contributed by atoms with Crippen LogP contribution < -0.4 is 10.6 Å². The molecule has 5 nitrogen and oxygen atoms in total. The minimum Gasteiger partial charge on any atom is -0.478 e. The van der Waals surface area contributed by atoms with Gasteiger partial charge in [-0.25, -0.2) is 4.79 Å². The second-order valence-electron chi connectivity index (χ2n) is 4.08. The number of aromatic carboxylic acids is 1. The molecule has 0 spiro atoms. The van der Waals surface area contributed by atoms with E-state index in [9.17, 15) is 9.59 Å². The number of benzene rings is 1. The third kappa shape index (κ3) is 2.93. The van der Waals surface area contributed by atoms with Gasteiger partial charge in [0.15, 0.2) is 0 Å². The van der Waals surface area contributed by atoms with Gasteiger partial charge in [-0.15, -0.1) is 11.3 Å². The number of hydrogen-bond donors (Lipinski definition) is 2. The summed E-state index contributed by atoms with van der Waals surface area (Å²) in [5.41, 5.74) is 7.25. The summed E-state index contributed by atoms with van der Waals surface area (Å²) in [4.78, 5) is 24.6. The smallest absolute Gasteiger partial charge is 0.335 e. The first-order valence-corrected chi connectivity index (χ1v) is 7.51. The number of amides is 1. The molecule has 0 aliphatic carbocycles. The Balaban J connectivity index is 2.31. The molecule has 1 aromatic heterocycles. The zero-order valence-corrected chi connectivity index (χ0v) is 13.4. The molecule has 0 saturated carbocycles. The van der Waals surface area contributed by atoms with Gasteiger partial charge in [0, 0.05) is 12.4 Å². The first kappa shape index (κ1) is 14.8. The molecular formula is C13H11IN2O3S. The first-order chi connectivity index (χ1) is 9.40. The van der Waals surface area contributed by atoms with Crippen molar-refractivity contribution in [2.75, 3.05) is 17.7 Å². The Morgan fingerprint density at radius 3 is 2.50 bits per heavy atom. The lowest BCUT2D eigenvalue weighted by atomic mass is 10.1. The summed E-state index contributed by atoms with van der Waals surface area (Å²) in [5, 5.41) is 10.7. The van der Waals surface area contributed by atoms with Crippen LogP contribution in [0.5, 0.6) is 0 Å². The van der Waals surface area contributed by atoms with Crippen LogP contribution in [0.1, 0.15) is 20.7 Å². The molecule has 0 fully saturated rings. The fourth-order valence-electron chi connectivity index (χ4n) is 1.72. The molecule has 3 N–H and O–H groups in total. The molecule has 0 aliphatic heterocycles. The number of rotatable bonds is 3. The molecule has 2 aromatic rings. The van der Waals surface area contributed by atoms with Gasteiger partial charge >= 0.3 is 5.97 Å². The molecule has 7 heteroatoms. The molecule has 104 valence electrons. The maximum Gasteiger partial charge on any atom is 0.335 e. The summed E-state index contributed by atoms with van der Waals surface area (Å²) < 4.78 is 1.02. The molecule has 0 atom stereocenters. The number of carboxylic acid groups (broad SMARTS) is 1. The van der Waals surface area contributed by atoms with E-state index in [-0.39, 0.29) is 17.2 Å². The normalized spacial score (nSPS) is 10.3. The SMILES string of the molecule is CN(C(=O)c1csc(I)c1)c1ccc(C(=O)O)cc1N. The van der Waals surface area contributed by atoms with E-state index >= 15 is 0 Å². The highest BCUT2D eigenvalue weighted by atomic mass is 127. The maximum atomic E-state index is 12.3. The molecule has 1 amide bonds. The summed E-state index contributed by atoms with van der Waals surface area (Å²) in [5.74, 6) is -1.23. The van der Waals surface area contributed by atoms with E-state index in [1.165, 1.54) is 34.4 Å². The Bertz CT molecular complexity index is 684. The molecule has 0 aliphatic rings. The number of nitrogen functional groups attached to an aromatic ring is 1. The number of carbonyl (C=O) groups excluding carboxylic acids is 1. The van der Waals surface area contributed by atoms with Gasteiger partial charge in [-0.3, -0.25) is 4.79 Å². The summed E-state index contributed by atoms with van der Waals surface area (Å²) in [6.07, 6.45) is 0. The van der Waals surface area contributed by atoms with Crippen LogP contribution in [-0.4, -0.2) is 24.0 Å². The van der Waals surface area contributed by atoms with Gasteiger partial charge in [0.2, 0.25) is 0 Å². The van der Waals surface area contributed by atoms with Crippen molar-refractivity contribution in [1.29, 1.82) is 0 Å². The number of nitrogens with two attached hydrogens (primary N) is 1. The molecule has 0 unspecified atom stereocenters. The van der Waals surface area contributed by atoms with E-state index in [2.05, 4.69) is 22.6 Å². The number of anilines is 2. The fraction of sp³-hybridized carbons (Fsp3) is 0.0769. The first-order valence-electron chi connectivity index (χ1n) is 5.55. The number of hydrogen-bond acceptors (Lipinski definition) is 4. The second kappa shape index (κ2) is 5.80. The number of thiophene rings is 1. The van der Waals surface area contributed by atoms with E-state index in [1.807, 2.05) is 0 Å². The standard InChI is InChI=1S/C13H11IN2O3S/c1-16(12(17)8-5-11(14)20-6-8)10-3-2-7(13(18)19)4-9(10)15/h2-6H,15H2,1H3,(H,18,19). The number of nitrogens with zero attached hydrogens (tertiary/aromatic N) is 1. The average Bonchev–Trinajstić information content (AvgIpc) is 2.83. The number of halogens is 1.